The molecule has 0 saturated carbocycles. The Kier molecular flexibility index (Phi) is 10.4. The van der Waals surface area contributed by atoms with Crippen molar-refractivity contribution in [3.8, 4) is 11.6 Å². The molecule has 0 amide bonds. The molecule has 1 saturated heterocycles. The third-order valence-electron chi connectivity index (χ3n) is 6.19. The zero-order chi connectivity index (χ0) is 25.9. The highest BCUT2D eigenvalue weighted by Crippen LogP contribution is 2.31. The Morgan fingerprint density at radius 3 is 2.47 bits per heavy atom. The predicted molar refractivity (Wildman–Crippen MR) is 135 cm³/mol. The van der Waals surface area contributed by atoms with Crippen LogP contribution in [0.15, 0.2) is 36.5 Å². The van der Waals surface area contributed by atoms with Gasteiger partial charge in [-0.2, -0.15) is 0 Å². The summed E-state index contributed by atoms with van der Waals surface area (Å²) in [4.78, 5) is 30.9. The first kappa shape index (κ1) is 27.3. The Hall–Kier alpha value is -3.33. The van der Waals surface area contributed by atoms with Crippen LogP contribution < -0.4 is 14.4 Å². The summed E-state index contributed by atoms with van der Waals surface area (Å²) in [6.07, 6.45) is 3.17. The molecule has 2 heterocycles. The fraction of sp³-hybridized carbons (Fsp3) is 0.519. The molecule has 36 heavy (non-hydrogen) atoms. The number of hydrogen-bond acceptors (Lipinski definition) is 9. The minimum absolute atomic E-state index is 0.129. The Morgan fingerprint density at radius 1 is 1.06 bits per heavy atom. The highest BCUT2D eigenvalue weighted by molar-refractivity contribution is 5.96. The number of piperidine rings is 1. The van der Waals surface area contributed by atoms with Gasteiger partial charge < -0.3 is 28.6 Å². The van der Waals surface area contributed by atoms with Gasteiger partial charge >= 0.3 is 11.9 Å². The van der Waals surface area contributed by atoms with Crippen LogP contribution in [0.1, 0.15) is 55.1 Å². The molecule has 9 nitrogen and oxygen atoms in total. The lowest BCUT2D eigenvalue weighted by Gasteiger charge is -2.34. The number of pyridine rings is 1. The molecular formula is C27H36N2O7. The Labute approximate surface area is 212 Å². The normalized spacial score (nSPS) is 14.7. The van der Waals surface area contributed by atoms with E-state index in [1.165, 1.54) is 0 Å². The van der Waals surface area contributed by atoms with Crippen LogP contribution in [0.2, 0.25) is 0 Å². The molecule has 3 rings (SSSR count). The Morgan fingerprint density at radius 2 is 1.81 bits per heavy atom. The second-order valence-electron chi connectivity index (χ2n) is 8.51. The van der Waals surface area contributed by atoms with Gasteiger partial charge in [-0.25, -0.2) is 9.78 Å². The molecule has 196 valence electrons. The maximum Gasteiger partial charge on any atom is 0.340 e. The highest BCUT2D eigenvalue weighted by atomic mass is 16.5. The van der Waals surface area contributed by atoms with Gasteiger partial charge in [-0.1, -0.05) is 0 Å². The first-order valence-corrected chi connectivity index (χ1v) is 12.4. The van der Waals surface area contributed by atoms with Crippen LogP contribution >= 0.6 is 0 Å². The lowest BCUT2D eigenvalue weighted by Crippen LogP contribution is -2.36. The van der Waals surface area contributed by atoms with Crippen molar-refractivity contribution in [2.75, 3.05) is 52.0 Å². The lowest BCUT2D eigenvalue weighted by atomic mass is 9.96. The number of ether oxygens (including phenoxy) is 5. The van der Waals surface area contributed by atoms with Crippen LogP contribution in [0, 0.1) is 5.92 Å². The van der Waals surface area contributed by atoms with Crippen LogP contribution in [-0.2, 0) is 19.0 Å². The van der Waals surface area contributed by atoms with Crippen LogP contribution in [0.25, 0.3) is 0 Å². The van der Waals surface area contributed by atoms with E-state index in [4.69, 9.17) is 23.7 Å². The summed E-state index contributed by atoms with van der Waals surface area (Å²) in [5.41, 5.74) is 2.19. The number of benzene rings is 1. The number of aromatic nitrogens is 1. The van der Waals surface area contributed by atoms with E-state index in [9.17, 15) is 9.59 Å². The summed E-state index contributed by atoms with van der Waals surface area (Å²) >= 11 is 0. The monoisotopic (exact) mass is 500 g/mol. The van der Waals surface area contributed by atoms with E-state index in [0.717, 1.165) is 37.2 Å². The molecule has 0 N–H and O–H groups in total. The van der Waals surface area contributed by atoms with Crippen molar-refractivity contribution in [2.45, 2.75) is 39.2 Å². The molecule has 1 aliphatic rings. The van der Waals surface area contributed by atoms with E-state index < -0.39 is 6.10 Å². The number of esters is 2. The van der Waals surface area contributed by atoms with E-state index in [1.54, 1.807) is 46.4 Å². The molecule has 0 spiro atoms. The smallest absolute Gasteiger partial charge is 0.340 e. The van der Waals surface area contributed by atoms with Gasteiger partial charge in [0.25, 0.3) is 0 Å². The third kappa shape index (κ3) is 7.34. The van der Waals surface area contributed by atoms with Gasteiger partial charge in [0.2, 0.25) is 5.88 Å². The van der Waals surface area contributed by atoms with Gasteiger partial charge in [-0.05, 0) is 56.4 Å². The van der Waals surface area contributed by atoms with Crippen molar-refractivity contribution in [2.24, 2.45) is 5.92 Å². The second kappa shape index (κ2) is 13.7. The maximum atomic E-state index is 12.5. The largest absolute Gasteiger partial charge is 0.497 e. The topological polar surface area (TPSA) is 96.4 Å². The highest BCUT2D eigenvalue weighted by Gasteiger charge is 2.25. The number of hydrogen-bond donors (Lipinski definition) is 0. The maximum absolute atomic E-state index is 12.5. The quantitative estimate of drug-likeness (QED) is 0.397. The number of anilines is 1. The second-order valence-corrected chi connectivity index (χ2v) is 8.51. The average Bonchev–Trinajstić information content (AvgIpc) is 2.91. The number of carbonyl (C=O) groups excluding carboxylic acids is 2. The first-order chi connectivity index (χ1) is 17.5. The van der Waals surface area contributed by atoms with E-state index in [1.807, 2.05) is 18.2 Å². The van der Waals surface area contributed by atoms with Gasteiger partial charge in [-0.15, -0.1) is 0 Å². The van der Waals surface area contributed by atoms with Gasteiger partial charge in [0.1, 0.15) is 5.75 Å². The summed E-state index contributed by atoms with van der Waals surface area (Å²) in [6, 6.07) is 9.05. The van der Waals surface area contributed by atoms with E-state index in [-0.39, 0.29) is 18.4 Å². The number of rotatable bonds is 12. The Balaban J connectivity index is 1.58. The standard InChI is InChI=1S/C27H36N2O7/c1-5-34-26(30)17-24(33-4)20-9-12-28-25(15-20)36-18-19-10-13-29(14-11-19)23-16-21(32-3)7-8-22(23)27(31)35-6-2/h7-9,12,15-16,19,24H,5-6,10-11,13-14,17-18H2,1-4H3. The van der Waals surface area contributed by atoms with Crippen molar-refractivity contribution >= 4 is 17.6 Å². The summed E-state index contributed by atoms with van der Waals surface area (Å²) < 4.78 is 27.1. The average molecular weight is 501 g/mol. The number of methoxy groups -OCH3 is 2. The van der Waals surface area contributed by atoms with Crippen LogP contribution in [0.4, 0.5) is 5.69 Å². The molecule has 1 aliphatic heterocycles. The van der Waals surface area contributed by atoms with Crippen molar-refractivity contribution in [3.05, 3.63) is 47.7 Å². The fourth-order valence-corrected chi connectivity index (χ4v) is 4.24. The van der Waals surface area contributed by atoms with Gasteiger partial charge in [-0.3, -0.25) is 4.79 Å². The molecule has 0 aliphatic carbocycles. The predicted octanol–water partition coefficient (Wildman–Crippen LogP) is 4.20. The van der Waals surface area contributed by atoms with E-state index in [0.29, 0.717) is 42.9 Å². The fourth-order valence-electron chi connectivity index (χ4n) is 4.24. The van der Waals surface area contributed by atoms with Gasteiger partial charge in [0.05, 0.1) is 50.7 Å². The molecule has 1 atom stereocenters. The molecule has 1 unspecified atom stereocenters. The molecule has 1 fully saturated rings. The molecule has 9 heteroatoms. The van der Waals surface area contributed by atoms with Crippen molar-refractivity contribution in [1.29, 1.82) is 0 Å². The molecule has 0 radical (unpaired) electrons. The summed E-state index contributed by atoms with van der Waals surface area (Å²) in [7, 11) is 3.18. The van der Waals surface area contributed by atoms with Crippen molar-refractivity contribution in [3.63, 3.8) is 0 Å². The van der Waals surface area contributed by atoms with E-state index in [2.05, 4.69) is 9.88 Å². The number of carbonyl (C=O) groups is 2. The minimum atomic E-state index is -0.422. The van der Waals surface area contributed by atoms with Crippen molar-refractivity contribution < 1.29 is 33.3 Å². The molecule has 1 aromatic carbocycles. The number of nitrogens with zero attached hydrogens (tertiary/aromatic N) is 2. The molecule has 2 aromatic rings. The summed E-state index contributed by atoms with van der Waals surface area (Å²) in [5, 5.41) is 0. The Bertz CT molecular complexity index is 1010. The first-order valence-electron chi connectivity index (χ1n) is 12.4. The van der Waals surface area contributed by atoms with Crippen molar-refractivity contribution in [1.82, 2.24) is 4.98 Å². The molecular weight excluding hydrogens is 464 g/mol. The van der Waals surface area contributed by atoms with Crippen LogP contribution in [0.5, 0.6) is 11.6 Å². The zero-order valence-electron chi connectivity index (χ0n) is 21.5. The summed E-state index contributed by atoms with van der Waals surface area (Å²) in [5.74, 6) is 0.910. The lowest BCUT2D eigenvalue weighted by molar-refractivity contribution is -0.146. The SMILES string of the molecule is CCOC(=O)CC(OC)c1ccnc(OCC2CCN(c3cc(OC)ccc3C(=O)OCC)CC2)c1. The molecule has 0 bridgehead atoms. The molecule has 1 aromatic heterocycles. The van der Waals surface area contributed by atoms with Gasteiger partial charge in [0.15, 0.2) is 0 Å². The van der Waals surface area contributed by atoms with Gasteiger partial charge in [0, 0.05) is 38.5 Å². The third-order valence-corrected chi connectivity index (χ3v) is 6.19. The summed E-state index contributed by atoms with van der Waals surface area (Å²) in [6.45, 7) is 6.33. The minimum Gasteiger partial charge on any atom is -0.497 e. The van der Waals surface area contributed by atoms with E-state index >= 15 is 0 Å². The van der Waals surface area contributed by atoms with Crippen LogP contribution in [0.3, 0.4) is 0 Å². The zero-order valence-corrected chi connectivity index (χ0v) is 21.5. The van der Waals surface area contributed by atoms with Crippen LogP contribution in [-0.4, -0.2) is 64.1 Å².